The van der Waals surface area contributed by atoms with Crippen LogP contribution in [0.5, 0.6) is 5.75 Å². The maximum atomic E-state index is 11.3. The van der Waals surface area contributed by atoms with Crippen LogP contribution in [0, 0.1) is 0 Å². The Labute approximate surface area is 136 Å². The van der Waals surface area contributed by atoms with E-state index in [-0.39, 0.29) is 11.7 Å². The number of nitrogens with zero attached hydrogens (tertiary/aromatic N) is 1. The molecule has 1 N–H and O–H groups in total. The average molecular weight is 340 g/mol. The number of carboxylic acid groups (broad SMARTS) is 1. The van der Waals surface area contributed by atoms with Crippen LogP contribution in [0.4, 0.5) is 0 Å². The highest BCUT2D eigenvalue weighted by molar-refractivity contribution is 7.18. The van der Waals surface area contributed by atoms with Crippen LogP contribution in [0.2, 0.25) is 4.34 Å². The van der Waals surface area contributed by atoms with E-state index in [1.807, 2.05) is 0 Å². The molecule has 0 amide bonds. The number of ether oxygens (including phenoxy) is 2. The Balaban J connectivity index is 1.91. The summed E-state index contributed by atoms with van der Waals surface area (Å²) in [4.78, 5) is 15.5. The van der Waals surface area contributed by atoms with Crippen molar-refractivity contribution in [1.82, 2.24) is 4.98 Å². The molecule has 0 unspecified atom stereocenters. The van der Waals surface area contributed by atoms with E-state index in [9.17, 15) is 9.90 Å². The van der Waals surface area contributed by atoms with Gasteiger partial charge in [-0.2, -0.15) is 0 Å². The number of halogens is 1. The lowest BCUT2D eigenvalue weighted by Gasteiger charge is -2.23. The first kappa shape index (κ1) is 15.3. The van der Waals surface area contributed by atoms with E-state index in [2.05, 4.69) is 4.98 Å². The summed E-state index contributed by atoms with van der Waals surface area (Å²) in [7, 11) is 0. The van der Waals surface area contributed by atoms with Crippen LogP contribution >= 0.6 is 22.9 Å². The predicted octanol–water partition coefficient (Wildman–Crippen LogP) is 3.72. The van der Waals surface area contributed by atoms with Crippen molar-refractivity contribution in [2.45, 2.75) is 18.9 Å². The predicted molar refractivity (Wildman–Crippen MR) is 84.0 cm³/mol. The number of thiazole rings is 1. The summed E-state index contributed by atoms with van der Waals surface area (Å²) in [6, 6.07) is 4.92. The normalized spacial score (nSPS) is 15.7. The van der Waals surface area contributed by atoms with Gasteiger partial charge in [-0.3, -0.25) is 0 Å². The van der Waals surface area contributed by atoms with Gasteiger partial charge in [-0.15, -0.1) is 11.3 Å². The molecule has 3 rings (SSSR count). The summed E-state index contributed by atoms with van der Waals surface area (Å²) in [6.07, 6.45) is 3.20. The van der Waals surface area contributed by atoms with Crippen molar-refractivity contribution in [2.24, 2.45) is 0 Å². The number of hydrogen-bond donors (Lipinski definition) is 1. The van der Waals surface area contributed by atoms with Crippen LogP contribution in [0.3, 0.4) is 0 Å². The molecule has 2 aromatic rings. The molecule has 0 saturated carbocycles. The molecule has 116 valence electrons. The number of rotatable bonds is 4. The largest absolute Gasteiger partial charge is 0.490 e. The Bertz CT molecular complexity index is 682. The maximum Gasteiger partial charge on any atom is 0.335 e. The minimum absolute atomic E-state index is 0.0468. The highest BCUT2D eigenvalue weighted by Crippen LogP contribution is 2.32. The van der Waals surface area contributed by atoms with Crippen LogP contribution in [-0.4, -0.2) is 35.4 Å². The lowest BCUT2D eigenvalue weighted by atomic mass is 10.1. The molecule has 1 aliphatic heterocycles. The zero-order valence-corrected chi connectivity index (χ0v) is 13.2. The lowest BCUT2D eigenvalue weighted by molar-refractivity contribution is 0.0255. The zero-order valence-electron chi connectivity index (χ0n) is 11.6. The SMILES string of the molecule is O=C(O)c1cc(OC2CCOCC2)cc(-c2ncc(Cl)s2)c1. The highest BCUT2D eigenvalue weighted by Gasteiger charge is 2.17. The first-order valence-electron chi connectivity index (χ1n) is 6.86. The fourth-order valence-electron chi connectivity index (χ4n) is 2.29. The van der Waals surface area contributed by atoms with Gasteiger partial charge in [-0.05, 0) is 18.2 Å². The second-order valence-corrected chi connectivity index (χ2v) is 6.61. The van der Waals surface area contributed by atoms with Gasteiger partial charge in [-0.1, -0.05) is 11.6 Å². The summed E-state index contributed by atoms with van der Waals surface area (Å²) in [5.41, 5.74) is 0.866. The molecule has 1 aromatic carbocycles. The van der Waals surface area contributed by atoms with E-state index in [0.29, 0.717) is 33.9 Å². The third-order valence-corrected chi connectivity index (χ3v) is 4.51. The van der Waals surface area contributed by atoms with Gasteiger partial charge in [0.25, 0.3) is 0 Å². The van der Waals surface area contributed by atoms with E-state index in [1.54, 1.807) is 18.3 Å². The molecule has 1 aliphatic rings. The molecular weight excluding hydrogens is 326 g/mol. The van der Waals surface area contributed by atoms with E-state index >= 15 is 0 Å². The van der Waals surface area contributed by atoms with Crippen LogP contribution in [0.25, 0.3) is 10.6 Å². The van der Waals surface area contributed by atoms with Gasteiger partial charge in [0.2, 0.25) is 0 Å². The monoisotopic (exact) mass is 339 g/mol. The summed E-state index contributed by atoms with van der Waals surface area (Å²) in [6.45, 7) is 1.33. The summed E-state index contributed by atoms with van der Waals surface area (Å²) in [5, 5.41) is 9.94. The Morgan fingerprint density at radius 3 is 2.77 bits per heavy atom. The van der Waals surface area contributed by atoms with Gasteiger partial charge >= 0.3 is 5.97 Å². The van der Waals surface area contributed by atoms with Crippen LogP contribution in [0.1, 0.15) is 23.2 Å². The fourth-order valence-corrected chi connectivity index (χ4v) is 3.19. The average Bonchev–Trinajstić information content (AvgIpc) is 2.94. The third kappa shape index (κ3) is 3.58. The molecular formula is C15H14ClNO4S. The minimum Gasteiger partial charge on any atom is -0.490 e. The molecule has 1 fully saturated rings. The maximum absolute atomic E-state index is 11.3. The molecule has 5 nitrogen and oxygen atoms in total. The van der Waals surface area contributed by atoms with Crippen molar-refractivity contribution in [3.8, 4) is 16.3 Å². The van der Waals surface area contributed by atoms with Crippen LogP contribution < -0.4 is 4.74 Å². The van der Waals surface area contributed by atoms with E-state index in [0.717, 1.165) is 12.8 Å². The van der Waals surface area contributed by atoms with Gasteiger partial charge < -0.3 is 14.6 Å². The standard InChI is InChI=1S/C15H14ClNO4S/c16-13-8-17-14(22-13)9-5-10(15(18)19)7-12(6-9)21-11-1-3-20-4-2-11/h5-8,11H,1-4H2,(H,18,19). The molecule has 0 atom stereocenters. The molecule has 22 heavy (non-hydrogen) atoms. The molecule has 2 heterocycles. The molecule has 0 bridgehead atoms. The summed E-state index contributed by atoms with van der Waals surface area (Å²) < 4.78 is 11.8. The topological polar surface area (TPSA) is 68.7 Å². The minimum atomic E-state index is -0.999. The van der Waals surface area contributed by atoms with Gasteiger partial charge in [0, 0.05) is 18.4 Å². The number of aromatic carboxylic acids is 1. The lowest BCUT2D eigenvalue weighted by Crippen LogP contribution is -2.25. The van der Waals surface area contributed by atoms with Crippen LogP contribution in [0.15, 0.2) is 24.4 Å². The van der Waals surface area contributed by atoms with Gasteiger partial charge in [0.1, 0.15) is 21.2 Å². The zero-order chi connectivity index (χ0) is 15.5. The summed E-state index contributed by atoms with van der Waals surface area (Å²) >= 11 is 7.20. The second kappa shape index (κ2) is 6.64. The fraction of sp³-hybridized carbons (Fsp3) is 0.333. The molecule has 0 radical (unpaired) electrons. The second-order valence-electron chi connectivity index (χ2n) is 4.95. The number of benzene rings is 1. The first-order valence-corrected chi connectivity index (χ1v) is 8.06. The smallest absolute Gasteiger partial charge is 0.335 e. The van der Waals surface area contributed by atoms with E-state index < -0.39 is 5.97 Å². The third-order valence-electron chi connectivity index (χ3n) is 3.35. The Morgan fingerprint density at radius 2 is 2.14 bits per heavy atom. The summed E-state index contributed by atoms with van der Waals surface area (Å²) in [5.74, 6) is -0.463. The van der Waals surface area contributed by atoms with E-state index in [4.69, 9.17) is 21.1 Å². The number of hydrogen-bond acceptors (Lipinski definition) is 5. The first-order chi connectivity index (χ1) is 10.6. The van der Waals surface area contributed by atoms with Crippen molar-refractivity contribution in [3.63, 3.8) is 0 Å². The van der Waals surface area contributed by atoms with Crippen molar-refractivity contribution >= 4 is 28.9 Å². The molecule has 0 spiro atoms. The Kier molecular flexibility index (Phi) is 4.61. The number of carbonyl (C=O) groups is 1. The number of carboxylic acids is 1. The molecule has 0 aliphatic carbocycles. The highest BCUT2D eigenvalue weighted by atomic mass is 35.5. The molecule has 1 saturated heterocycles. The van der Waals surface area contributed by atoms with Crippen LogP contribution in [-0.2, 0) is 4.74 Å². The van der Waals surface area contributed by atoms with Gasteiger partial charge in [0.15, 0.2) is 0 Å². The number of aromatic nitrogens is 1. The van der Waals surface area contributed by atoms with Crippen molar-refractivity contribution < 1.29 is 19.4 Å². The molecule has 1 aromatic heterocycles. The Morgan fingerprint density at radius 1 is 1.36 bits per heavy atom. The van der Waals surface area contributed by atoms with Gasteiger partial charge in [0.05, 0.1) is 25.0 Å². The molecule has 7 heteroatoms. The van der Waals surface area contributed by atoms with Crippen molar-refractivity contribution in [1.29, 1.82) is 0 Å². The van der Waals surface area contributed by atoms with Gasteiger partial charge in [-0.25, -0.2) is 9.78 Å². The quantitative estimate of drug-likeness (QED) is 0.919. The van der Waals surface area contributed by atoms with E-state index in [1.165, 1.54) is 17.4 Å². The van der Waals surface area contributed by atoms with Crippen molar-refractivity contribution in [2.75, 3.05) is 13.2 Å². The van der Waals surface area contributed by atoms with Crippen molar-refractivity contribution in [3.05, 3.63) is 34.3 Å². The Hall–Kier alpha value is -1.63.